The fraction of sp³-hybridized carbons (Fsp3) is 0.565. The molecule has 2 atom stereocenters. The second kappa shape index (κ2) is 14.3. The van der Waals surface area contributed by atoms with Crippen LogP contribution in [0.15, 0.2) is 42.5 Å². The Morgan fingerprint density at radius 3 is 2.31 bits per heavy atom. The molecule has 0 aliphatic rings. The number of hydrogen-bond acceptors (Lipinski definition) is 2. The van der Waals surface area contributed by atoms with Crippen molar-refractivity contribution in [2.24, 2.45) is 11.8 Å². The summed E-state index contributed by atoms with van der Waals surface area (Å²) in [6.45, 7) is 1.99. The number of carboxylic acid groups (broad SMARTS) is 1. The Morgan fingerprint density at radius 1 is 1.00 bits per heavy atom. The smallest absolute Gasteiger partial charge is 0.327 e. The van der Waals surface area contributed by atoms with Crippen LogP contribution >= 0.6 is 0 Å². The van der Waals surface area contributed by atoms with Gasteiger partial charge in [0, 0.05) is 12.0 Å². The molecule has 26 heavy (non-hydrogen) atoms. The van der Waals surface area contributed by atoms with Gasteiger partial charge in [-0.25, -0.2) is 4.79 Å². The molecule has 3 nitrogen and oxygen atoms in total. The number of benzene rings is 1. The summed E-state index contributed by atoms with van der Waals surface area (Å²) in [6.07, 6.45) is 15.2. The van der Waals surface area contributed by atoms with Crippen molar-refractivity contribution in [3.8, 4) is 0 Å². The largest absolute Gasteiger partial charge is 0.478 e. The molecule has 0 saturated carbocycles. The Labute approximate surface area is 158 Å². The first kappa shape index (κ1) is 22.1. The zero-order chi connectivity index (χ0) is 19.0. The van der Waals surface area contributed by atoms with E-state index in [1.165, 1.54) is 37.3 Å². The quantitative estimate of drug-likeness (QED) is 0.244. The summed E-state index contributed by atoms with van der Waals surface area (Å²) in [5.41, 5.74) is 1.39. The number of rotatable bonds is 15. The number of carboxylic acids is 1. The van der Waals surface area contributed by atoms with Crippen molar-refractivity contribution in [3.05, 3.63) is 48.0 Å². The van der Waals surface area contributed by atoms with Gasteiger partial charge < -0.3 is 9.90 Å². The highest BCUT2D eigenvalue weighted by atomic mass is 16.4. The molecule has 0 aromatic heterocycles. The van der Waals surface area contributed by atoms with Crippen LogP contribution < -0.4 is 0 Å². The van der Waals surface area contributed by atoms with Crippen LogP contribution in [-0.4, -0.2) is 17.4 Å². The molecule has 0 bridgehead atoms. The Hall–Kier alpha value is -1.90. The van der Waals surface area contributed by atoms with Gasteiger partial charge in [-0.05, 0) is 43.6 Å². The molecule has 144 valence electrons. The van der Waals surface area contributed by atoms with E-state index in [4.69, 9.17) is 5.11 Å². The summed E-state index contributed by atoms with van der Waals surface area (Å²) in [5.74, 6) is -0.0149. The van der Waals surface area contributed by atoms with Crippen LogP contribution in [-0.2, 0) is 16.0 Å². The van der Waals surface area contributed by atoms with E-state index in [1.807, 2.05) is 6.92 Å². The van der Waals surface area contributed by atoms with Crippen molar-refractivity contribution >= 4 is 12.3 Å². The van der Waals surface area contributed by atoms with E-state index < -0.39 is 5.97 Å². The average Bonchev–Trinajstić information content (AvgIpc) is 2.64. The van der Waals surface area contributed by atoms with Crippen molar-refractivity contribution in [2.45, 2.75) is 71.1 Å². The minimum Gasteiger partial charge on any atom is -0.478 e. The molecule has 0 unspecified atom stereocenters. The van der Waals surface area contributed by atoms with Gasteiger partial charge >= 0.3 is 5.97 Å². The third-order valence-electron chi connectivity index (χ3n) is 4.86. The van der Waals surface area contributed by atoms with Crippen LogP contribution in [0.4, 0.5) is 0 Å². The number of unbranched alkanes of at least 4 members (excludes halogenated alkanes) is 4. The summed E-state index contributed by atoms with van der Waals surface area (Å²) >= 11 is 0. The van der Waals surface area contributed by atoms with Gasteiger partial charge in [0.2, 0.25) is 0 Å². The number of aliphatic carboxylic acids is 1. The highest BCUT2D eigenvalue weighted by molar-refractivity contribution is 5.79. The molecule has 1 rings (SSSR count). The van der Waals surface area contributed by atoms with E-state index in [0.29, 0.717) is 5.92 Å². The van der Waals surface area contributed by atoms with E-state index in [-0.39, 0.29) is 5.92 Å². The van der Waals surface area contributed by atoms with Gasteiger partial charge in [0.05, 0.1) is 0 Å². The molecule has 0 aliphatic heterocycles. The van der Waals surface area contributed by atoms with Crippen LogP contribution in [0.3, 0.4) is 0 Å². The monoisotopic (exact) mass is 358 g/mol. The Kier molecular flexibility index (Phi) is 12.2. The zero-order valence-corrected chi connectivity index (χ0v) is 16.1. The van der Waals surface area contributed by atoms with Crippen molar-refractivity contribution in [1.29, 1.82) is 0 Å². The third-order valence-corrected chi connectivity index (χ3v) is 4.86. The number of hydrogen-bond donors (Lipinski definition) is 1. The molecular weight excluding hydrogens is 324 g/mol. The maximum atomic E-state index is 10.6. The number of carbonyl (C=O) groups excluding carboxylic acids is 1. The second-order valence-electron chi connectivity index (χ2n) is 7.33. The van der Waals surface area contributed by atoms with Crippen molar-refractivity contribution in [2.75, 3.05) is 0 Å². The molecule has 0 spiro atoms. The summed E-state index contributed by atoms with van der Waals surface area (Å²) in [4.78, 5) is 21.2. The molecule has 0 amide bonds. The topological polar surface area (TPSA) is 54.4 Å². The number of allylic oxidation sites excluding steroid dienone is 1. The number of carbonyl (C=O) groups is 2. The normalized spacial score (nSPS) is 13.6. The Morgan fingerprint density at radius 2 is 1.65 bits per heavy atom. The summed E-state index contributed by atoms with van der Waals surface area (Å²) in [6, 6.07) is 10.6. The molecule has 0 saturated heterocycles. The second-order valence-corrected chi connectivity index (χ2v) is 7.33. The summed E-state index contributed by atoms with van der Waals surface area (Å²) < 4.78 is 0. The highest BCUT2D eigenvalue weighted by Gasteiger charge is 2.09. The molecule has 1 aromatic carbocycles. The Balaban J connectivity index is 2.32. The van der Waals surface area contributed by atoms with E-state index in [9.17, 15) is 9.59 Å². The maximum absolute atomic E-state index is 10.6. The molecule has 0 aliphatic carbocycles. The van der Waals surface area contributed by atoms with Crippen LogP contribution in [0.2, 0.25) is 0 Å². The van der Waals surface area contributed by atoms with Gasteiger partial charge in [0.25, 0.3) is 0 Å². The number of aldehydes is 1. The lowest BCUT2D eigenvalue weighted by molar-refractivity contribution is -0.131. The van der Waals surface area contributed by atoms with Crippen molar-refractivity contribution in [1.82, 2.24) is 0 Å². The highest BCUT2D eigenvalue weighted by Crippen LogP contribution is 2.22. The van der Waals surface area contributed by atoms with Crippen molar-refractivity contribution in [3.63, 3.8) is 0 Å². The predicted octanol–water partition coefficient (Wildman–Crippen LogP) is 5.83. The van der Waals surface area contributed by atoms with Crippen molar-refractivity contribution < 1.29 is 14.7 Å². The Bertz CT molecular complexity index is 522. The van der Waals surface area contributed by atoms with Gasteiger partial charge in [0.15, 0.2) is 0 Å². The first-order chi connectivity index (χ1) is 12.6. The molecule has 1 aromatic rings. The average molecular weight is 359 g/mol. The van der Waals surface area contributed by atoms with Gasteiger partial charge in [-0.3, -0.25) is 0 Å². The lowest BCUT2D eigenvalue weighted by Gasteiger charge is -2.17. The zero-order valence-electron chi connectivity index (χ0n) is 16.1. The minimum absolute atomic E-state index is 0.194. The van der Waals surface area contributed by atoms with Crippen LogP contribution in [0.5, 0.6) is 0 Å². The first-order valence-corrected chi connectivity index (χ1v) is 10.0. The predicted molar refractivity (Wildman–Crippen MR) is 107 cm³/mol. The van der Waals surface area contributed by atoms with Gasteiger partial charge in [-0.1, -0.05) is 75.4 Å². The SMILES string of the molecule is C[C@H](C=O)CCCCCC[C@H](CCCC=CC(=O)O)Cc1ccccc1. The first-order valence-electron chi connectivity index (χ1n) is 10.0. The van der Waals surface area contributed by atoms with Gasteiger partial charge in [-0.15, -0.1) is 0 Å². The van der Waals surface area contributed by atoms with Crippen LogP contribution in [0.25, 0.3) is 0 Å². The molecular formula is C23H34O3. The van der Waals surface area contributed by atoms with Gasteiger partial charge in [0.1, 0.15) is 6.29 Å². The minimum atomic E-state index is -0.866. The van der Waals surface area contributed by atoms with Gasteiger partial charge in [-0.2, -0.15) is 0 Å². The van der Waals surface area contributed by atoms with E-state index in [1.54, 1.807) is 6.08 Å². The fourth-order valence-electron chi connectivity index (χ4n) is 3.33. The molecule has 1 N–H and O–H groups in total. The van der Waals surface area contributed by atoms with E-state index in [0.717, 1.165) is 44.8 Å². The molecule has 0 fully saturated rings. The summed E-state index contributed by atoms with van der Waals surface area (Å²) in [5, 5.41) is 8.65. The molecule has 3 heteroatoms. The third kappa shape index (κ3) is 11.6. The van der Waals surface area contributed by atoms with E-state index in [2.05, 4.69) is 30.3 Å². The standard InChI is InChI=1S/C23H34O3/c1-20(19-24)12-6-2-3-7-13-21(16-10-5-11-17-23(25)26)18-22-14-8-4-9-15-22/h4,8-9,11,14-15,17,19-21H,2-3,5-7,10,12-13,16,18H2,1H3,(H,25,26)/t20-,21+/m0/s1. The van der Waals surface area contributed by atoms with Crippen LogP contribution in [0.1, 0.15) is 70.3 Å². The lowest BCUT2D eigenvalue weighted by atomic mass is 9.89. The van der Waals surface area contributed by atoms with E-state index >= 15 is 0 Å². The van der Waals surface area contributed by atoms with Crippen LogP contribution in [0, 0.1) is 11.8 Å². The fourth-order valence-corrected chi connectivity index (χ4v) is 3.33. The lowest BCUT2D eigenvalue weighted by Crippen LogP contribution is -2.05. The summed E-state index contributed by atoms with van der Waals surface area (Å²) in [7, 11) is 0. The molecule has 0 heterocycles. The maximum Gasteiger partial charge on any atom is 0.327 e. The molecule has 0 radical (unpaired) electrons.